The molecule has 0 unspecified atom stereocenters. The zero-order valence-corrected chi connectivity index (χ0v) is 20.4. The van der Waals surface area contributed by atoms with Gasteiger partial charge in [-0.3, -0.25) is 0 Å². The Balaban J connectivity index is 1.73. The molecule has 1 saturated heterocycles. The molecule has 8 heteroatoms. The van der Waals surface area contributed by atoms with Gasteiger partial charge in [-0.05, 0) is 62.1 Å². The third-order valence-electron chi connectivity index (χ3n) is 5.99. The molecule has 2 amide bonds. The van der Waals surface area contributed by atoms with E-state index in [1.54, 1.807) is 21.7 Å². The van der Waals surface area contributed by atoms with Crippen molar-refractivity contribution in [1.82, 2.24) is 20.0 Å². The van der Waals surface area contributed by atoms with Crippen LogP contribution < -0.4 is 10.1 Å². The average Bonchev–Trinajstić information content (AvgIpc) is 3.52. The lowest BCUT2D eigenvalue weighted by atomic mass is 10.1. The number of aryl methyl sites for hydroxylation is 1. The van der Waals surface area contributed by atoms with Gasteiger partial charge in [-0.25, -0.2) is 13.9 Å². The van der Waals surface area contributed by atoms with E-state index in [-0.39, 0.29) is 18.0 Å². The van der Waals surface area contributed by atoms with Gasteiger partial charge in [0.25, 0.3) is 0 Å². The van der Waals surface area contributed by atoms with Gasteiger partial charge in [-0.15, -0.1) is 0 Å². The van der Waals surface area contributed by atoms with Gasteiger partial charge in [0, 0.05) is 19.7 Å². The number of nitrogens with one attached hydrogen (secondary N) is 1. The van der Waals surface area contributed by atoms with Gasteiger partial charge in [-0.1, -0.05) is 32.0 Å². The van der Waals surface area contributed by atoms with Crippen LogP contribution in [0.15, 0.2) is 54.6 Å². The van der Waals surface area contributed by atoms with Crippen molar-refractivity contribution < 1.29 is 18.7 Å². The molecule has 1 aliphatic rings. The minimum absolute atomic E-state index is 0.0121. The Kier molecular flexibility index (Phi) is 8.36. The Labute approximate surface area is 205 Å². The highest BCUT2D eigenvalue weighted by Gasteiger charge is 2.27. The smallest absolute Gasteiger partial charge is 0.317 e. The summed E-state index contributed by atoms with van der Waals surface area (Å²) in [5, 5.41) is 7.85. The summed E-state index contributed by atoms with van der Waals surface area (Å²) in [4.78, 5) is 14.9. The first-order chi connectivity index (χ1) is 17.1. The van der Waals surface area contributed by atoms with E-state index < -0.39 is 0 Å². The lowest BCUT2D eigenvalue weighted by Gasteiger charge is -2.26. The fraction of sp³-hybridized carbons (Fsp3) is 0.407. The van der Waals surface area contributed by atoms with Crippen molar-refractivity contribution in [2.75, 3.05) is 19.7 Å². The minimum atomic E-state index is -0.335. The van der Waals surface area contributed by atoms with Gasteiger partial charge in [0.15, 0.2) is 0 Å². The minimum Gasteiger partial charge on any atom is -0.439 e. The first-order valence-corrected chi connectivity index (χ1v) is 12.3. The van der Waals surface area contributed by atoms with Crippen LogP contribution in [0.2, 0.25) is 0 Å². The van der Waals surface area contributed by atoms with Gasteiger partial charge in [0.05, 0.1) is 29.6 Å². The summed E-state index contributed by atoms with van der Waals surface area (Å²) in [5.74, 6) is 0.674. The van der Waals surface area contributed by atoms with Gasteiger partial charge in [0.2, 0.25) is 5.88 Å². The number of aromatic nitrogens is 2. The van der Waals surface area contributed by atoms with E-state index in [0.717, 1.165) is 42.8 Å². The summed E-state index contributed by atoms with van der Waals surface area (Å²) in [6.45, 7) is 6.19. The molecule has 0 bridgehead atoms. The second kappa shape index (κ2) is 11.8. The van der Waals surface area contributed by atoms with Crippen LogP contribution in [0.1, 0.15) is 44.4 Å². The largest absolute Gasteiger partial charge is 0.439 e. The summed E-state index contributed by atoms with van der Waals surface area (Å²) in [7, 11) is 0. The van der Waals surface area contributed by atoms with Crippen LogP contribution in [0.25, 0.3) is 5.69 Å². The molecule has 7 nitrogen and oxygen atoms in total. The van der Waals surface area contributed by atoms with E-state index in [1.165, 1.54) is 12.1 Å². The fourth-order valence-electron chi connectivity index (χ4n) is 4.17. The van der Waals surface area contributed by atoms with Crippen molar-refractivity contribution in [3.8, 4) is 17.3 Å². The zero-order valence-electron chi connectivity index (χ0n) is 20.4. The maximum atomic E-state index is 13.5. The predicted octanol–water partition coefficient (Wildman–Crippen LogP) is 5.47. The third kappa shape index (κ3) is 6.19. The van der Waals surface area contributed by atoms with E-state index in [9.17, 15) is 9.18 Å². The summed E-state index contributed by atoms with van der Waals surface area (Å²) >= 11 is 0. The molecule has 1 aliphatic heterocycles. The van der Waals surface area contributed by atoms with Gasteiger partial charge < -0.3 is 19.7 Å². The first kappa shape index (κ1) is 24.7. The number of carbonyl (C=O) groups is 1. The van der Waals surface area contributed by atoms with Crippen LogP contribution >= 0.6 is 0 Å². The highest BCUT2D eigenvalue weighted by Crippen LogP contribution is 2.32. The van der Waals surface area contributed by atoms with E-state index >= 15 is 0 Å². The number of carbonyl (C=O) groups excluding carboxylic acids is 1. The van der Waals surface area contributed by atoms with Crippen molar-refractivity contribution in [2.45, 2.75) is 52.2 Å². The SMILES string of the molecule is CCCNC(=O)N(Cc1c(CC)nn(-c2ccccc2)c1Oc1ccc(F)cc1)C[C@@H]1CCCO1. The molecule has 1 atom stereocenters. The summed E-state index contributed by atoms with van der Waals surface area (Å²) < 4.78 is 27.4. The van der Waals surface area contributed by atoms with Gasteiger partial charge in [0.1, 0.15) is 11.6 Å². The summed E-state index contributed by atoms with van der Waals surface area (Å²) in [6.07, 6.45) is 3.46. The van der Waals surface area contributed by atoms with Gasteiger partial charge >= 0.3 is 6.03 Å². The number of hydrogen-bond acceptors (Lipinski definition) is 4. The lowest BCUT2D eigenvalue weighted by molar-refractivity contribution is 0.0793. The molecule has 1 aromatic heterocycles. The molecule has 0 saturated carbocycles. The summed E-state index contributed by atoms with van der Waals surface area (Å²) in [5.41, 5.74) is 2.50. The Hall–Kier alpha value is -3.39. The Morgan fingerprint density at radius 1 is 1.20 bits per heavy atom. The molecule has 186 valence electrons. The molecule has 0 aliphatic carbocycles. The Morgan fingerprint density at radius 2 is 1.97 bits per heavy atom. The average molecular weight is 481 g/mol. The standard InChI is InChI=1S/C27H33FN4O3/c1-3-16-29-27(33)31(18-23-11-8-17-34-23)19-24-25(4-2)30-32(21-9-6-5-7-10-21)26(24)35-22-14-12-20(28)13-15-22/h5-7,9-10,12-15,23H,3-4,8,11,16-19H2,1-2H3,(H,29,33)/t23-/m0/s1. The number of rotatable bonds is 10. The molecule has 35 heavy (non-hydrogen) atoms. The number of urea groups is 1. The normalized spacial score (nSPS) is 15.2. The Bertz CT molecular complexity index is 1100. The molecule has 1 fully saturated rings. The van der Waals surface area contributed by atoms with Crippen LogP contribution in [-0.4, -0.2) is 46.5 Å². The third-order valence-corrected chi connectivity index (χ3v) is 5.99. The topological polar surface area (TPSA) is 68.6 Å². The van der Waals surface area contributed by atoms with Crippen molar-refractivity contribution in [1.29, 1.82) is 0 Å². The molecule has 2 aromatic carbocycles. The maximum Gasteiger partial charge on any atom is 0.317 e. The molecule has 3 aromatic rings. The number of benzene rings is 2. The molecule has 4 rings (SSSR count). The van der Waals surface area contributed by atoms with Crippen LogP contribution in [0, 0.1) is 5.82 Å². The van der Waals surface area contributed by atoms with Crippen molar-refractivity contribution in [3.63, 3.8) is 0 Å². The zero-order chi connectivity index (χ0) is 24.6. The molecule has 2 heterocycles. The monoisotopic (exact) mass is 480 g/mol. The van der Waals surface area contributed by atoms with Gasteiger partial charge in [-0.2, -0.15) is 5.10 Å². The number of hydrogen-bond donors (Lipinski definition) is 1. The highest BCUT2D eigenvalue weighted by atomic mass is 19.1. The quantitative estimate of drug-likeness (QED) is 0.418. The first-order valence-electron chi connectivity index (χ1n) is 12.3. The van der Waals surface area contributed by atoms with Crippen molar-refractivity contribution in [3.05, 3.63) is 71.7 Å². The van der Waals surface area contributed by atoms with Crippen LogP contribution in [0.4, 0.5) is 9.18 Å². The predicted molar refractivity (Wildman–Crippen MR) is 132 cm³/mol. The maximum absolute atomic E-state index is 13.5. The molecule has 0 spiro atoms. The molecule has 0 radical (unpaired) electrons. The fourth-order valence-corrected chi connectivity index (χ4v) is 4.17. The van der Waals surface area contributed by atoms with Crippen molar-refractivity contribution >= 4 is 6.03 Å². The Morgan fingerprint density at radius 3 is 2.63 bits per heavy atom. The van der Waals surface area contributed by atoms with Crippen LogP contribution in [0.5, 0.6) is 11.6 Å². The van der Waals surface area contributed by atoms with Crippen LogP contribution in [-0.2, 0) is 17.7 Å². The van der Waals surface area contributed by atoms with E-state index in [2.05, 4.69) is 5.32 Å². The van der Waals surface area contributed by atoms with E-state index in [0.29, 0.717) is 37.7 Å². The number of halogens is 1. The number of amides is 2. The van der Waals surface area contributed by atoms with E-state index in [1.807, 2.05) is 44.2 Å². The lowest BCUT2D eigenvalue weighted by Crippen LogP contribution is -2.43. The highest BCUT2D eigenvalue weighted by molar-refractivity contribution is 5.74. The van der Waals surface area contributed by atoms with Crippen molar-refractivity contribution in [2.24, 2.45) is 0 Å². The molecule has 1 N–H and O–H groups in total. The number of para-hydroxylation sites is 1. The van der Waals surface area contributed by atoms with Crippen LogP contribution in [0.3, 0.4) is 0 Å². The van der Waals surface area contributed by atoms with E-state index in [4.69, 9.17) is 14.6 Å². The number of ether oxygens (including phenoxy) is 2. The molecular formula is C27H33FN4O3. The second-order valence-corrected chi connectivity index (χ2v) is 8.63. The number of nitrogens with zero attached hydrogens (tertiary/aromatic N) is 3. The molecular weight excluding hydrogens is 447 g/mol. The second-order valence-electron chi connectivity index (χ2n) is 8.63. The summed E-state index contributed by atoms with van der Waals surface area (Å²) in [6, 6.07) is 15.5.